The molecule has 0 N–H and O–H groups in total. The summed E-state index contributed by atoms with van der Waals surface area (Å²) in [6.45, 7) is 10.2. The molecule has 0 spiro atoms. The maximum Gasteiger partial charge on any atom is 0.316 e. The molecule has 6 nitrogen and oxygen atoms in total. The van der Waals surface area contributed by atoms with Gasteiger partial charge >= 0.3 is 5.97 Å². The second kappa shape index (κ2) is 9.56. The van der Waals surface area contributed by atoms with Crippen LogP contribution in [0.25, 0.3) is 17.1 Å². The smallest absolute Gasteiger partial charge is 0.316 e. The second-order valence-corrected chi connectivity index (χ2v) is 9.44. The fraction of sp³-hybridized carbons (Fsp3) is 0.375. The van der Waals surface area contributed by atoms with Crippen LogP contribution in [0.2, 0.25) is 0 Å². The van der Waals surface area contributed by atoms with E-state index in [0.717, 1.165) is 17.0 Å². The minimum absolute atomic E-state index is 0.0694. The summed E-state index contributed by atoms with van der Waals surface area (Å²) in [5, 5.41) is 9.44. The molecule has 0 aliphatic carbocycles. The number of rotatable bonds is 7. The molecule has 1 aromatic heterocycles. The Morgan fingerprint density at radius 2 is 1.68 bits per heavy atom. The fourth-order valence-corrected chi connectivity index (χ4v) is 3.79. The van der Waals surface area contributed by atoms with Gasteiger partial charge in [0.15, 0.2) is 11.0 Å². The highest BCUT2D eigenvalue weighted by Gasteiger charge is 2.19. The molecule has 0 aliphatic rings. The number of hydrogen-bond acceptors (Lipinski definition) is 6. The van der Waals surface area contributed by atoms with Gasteiger partial charge in [-0.25, -0.2) is 0 Å². The highest BCUT2D eigenvalue weighted by molar-refractivity contribution is 7.99. The number of hydrogen-bond donors (Lipinski definition) is 0. The van der Waals surface area contributed by atoms with Crippen molar-refractivity contribution in [2.45, 2.75) is 51.3 Å². The van der Waals surface area contributed by atoms with Crippen molar-refractivity contribution in [1.29, 1.82) is 0 Å². The van der Waals surface area contributed by atoms with E-state index in [1.54, 1.807) is 7.11 Å². The van der Waals surface area contributed by atoms with Crippen molar-refractivity contribution < 1.29 is 14.3 Å². The summed E-state index contributed by atoms with van der Waals surface area (Å²) in [6.07, 6.45) is -0.149. The number of methoxy groups -OCH3 is 1. The lowest BCUT2D eigenvalue weighted by Crippen LogP contribution is -2.13. The van der Waals surface area contributed by atoms with Crippen LogP contribution in [-0.4, -0.2) is 39.7 Å². The predicted molar refractivity (Wildman–Crippen MR) is 124 cm³/mol. The van der Waals surface area contributed by atoms with Gasteiger partial charge < -0.3 is 9.47 Å². The first-order valence-corrected chi connectivity index (χ1v) is 11.2. The van der Waals surface area contributed by atoms with Crippen LogP contribution in [0.15, 0.2) is 53.7 Å². The Hall–Kier alpha value is -2.80. The van der Waals surface area contributed by atoms with Gasteiger partial charge in [0.1, 0.15) is 5.75 Å². The Labute approximate surface area is 188 Å². The number of nitrogens with zero attached hydrogens (tertiary/aromatic N) is 3. The van der Waals surface area contributed by atoms with E-state index in [1.807, 2.05) is 42.7 Å². The van der Waals surface area contributed by atoms with Gasteiger partial charge in [-0.15, -0.1) is 10.2 Å². The van der Waals surface area contributed by atoms with E-state index in [2.05, 4.69) is 55.2 Å². The Morgan fingerprint density at radius 3 is 2.23 bits per heavy atom. The lowest BCUT2D eigenvalue weighted by molar-refractivity contribution is -0.144. The molecular formula is C24H29N3O3S. The molecule has 1 heterocycles. The molecule has 0 radical (unpaired) electrons. The highest BCUT2D eigenvalue weighted by Crippen LogP contribution is 2.30. The van der Waals surface area contributed by atoms with Crippen molar-refractivity contribution in [2.75, 3.05) is 12.9 Å². The van der Waals surface area contributed by atoms with E-state index < -0.39 is 0 Å². The molecule has 31 heavy (non-hydrogen) atoms. The molecular weight excluding hydrogens is 410 g/mol. The van der Waals surface area contributed by atoms with Gasteiger partial charge in [0.05, 0.1) is 19.0 Å². The Kier molecular flexibility index (Phi) is 7.05. The number of esters is 1. The Balaban J connectivity index is 1.98. The van der Waals surface area contributed by atoms with Crippen LogP contribution < -0.4 is 4.74 Å². The van der Waals surface area contributed by atoms with Crippen molar-refractivity contribution in [2.24, 2.45) is 0 Å². The minimum atomic E-state index is -0.277. The third kappa shape index (κ3) is 5.67. The largest absolute Gasteiger partial charge is 0.497 e. The second-order valence-electron chi connectivity index (χ2n) is 8.49. The van der Waals surface area contributed by atoms with E-state index in [-0.39, 0.29) is 23.2 Å². The van der Waals surface area contributed by atoms with Crippen LogP contribution in [0.5, 0.6) is 5.75 Å². The van der Waals surface area contributed by atoms with Gasteiger partial charge in [-0.3, -0.25) is 9.36 Å². The topological polar surface area (TPSA) is 66.2 Å². The molecule has 0 saturated carbocycles. The fourth-order valence-electron chi connectivity index (χ4n) is 3.05. The number of aromatic nitrogens is 3. The standard InChI is InChI=1S/C24H29N3O3S/c1-16(2)30-21(28)15-31-23-26-25-22(17-7-9-18(10-8-17)24(3,4)5)27(23)19-11-13-20(29-6)14-12-19/h7-14,16H,15H2,1-6H3. The normalized spacial score (nSPS) is 11.6. The lowest BCUT2D eigenvalue weighted by Gasteiger charge is -2.19. The van der Waals surface area contributed by atoms with Crippen LogP contribution in [0.4, 0.5) is 0 Å². The van der Waals surface area contributed by atoms with Crippen molar-refractivity contribution in [3.05, 3.63) is 54.1 Å². The third-order valence-corrected chi connectivity index (χ3v) is 5.56. The Morgan fingerprint density at radius 1 is 1.03 bits per heavy atom. The molecule has 3 rings (SSSR count). The first kappa shape index (κ1) is 22.9. The summed E-state index contributed by atoms with van der Waals surface area (Å²) in [5.74, 6) is 1.36. The molecule has 0 saturated heterocycles. The monoisotopic (exact) mass is 439 g/mol. The molecule has 7 heteroatoms. The molecule has 164 valence electrons. The zero-order valence-electron chi connectivity index (χ0n) is 18.9. The van der Waals surface area contributed by atoms with Crippen LogP contribution in [0.1, 0.15) is 40.2 Å². The summed E-state index contributed by atoms with van der Waals surface area (Å²) in [5.41, 5.74) is 3.16. The van der Waals surface area contributed by atoms with Crippen LogP contribution in [0.3, 0.4) is 0 Å². The summed E-state index contributed by atoms with van der Waals surface area (Å²) < 4.78 is 12.5. The van der Waals surface area contributed by atoms with Gasteiger partial charge in [-0.2, -0.15) is 0 Å². The maximum absolute atomic E-state index is 12.0. The van der Waals surface area contributed by atoms with Crippen LogP contribution >= 0.6 is 11.8 Å². The van der Waals surface area contributed by atoms with Crippen molar-refractivity contribution >= 4 is 17.7 Å². The Bertz CT molecular complexity index is 1020. The number of ether oxygens (including phenoxy) is 2. The summed E-state index contributed by atoms with van der Waals surface area (Å²) >= 11 is 1.31. The van der Waals surface area contributed by atoms with Crippen molar-refractivity contribution in [1.82, 2.24) is 14.8 Å². The first-order chi connectivity index (χ1) is 14.7. The number of carbonyl (C=O) groups excluding carboxylic acids is 1. The lowest BCUT2D eigenvalue weighted by atomic mass is 9.87. The van der Waals surface area contributed by atoms with E-state index in [9.17, 15) is 4.79 Å². The summed E-state index contributed by atoms with van der Waals surface area (Å²) in [4.78, 5) is 12.0. The van der Waals surface area contributed by atoms with Crippen molar-refractivity contribution in [3.63, 3.8) is 0 Å². The highest BCUT2D eigenvalue weighted by atomic mass is 32.2. The van der Waals surface area contributed by atoms with E-state index in [1.165, 1.54) is 17.3 Å². The van der Waals surface area contributed by atoms with Gasteiger partial charge in [-0.05, 0) is 49.1 Å². The minimum Gasteiger partial charge on any atom is -0.497 e. The van der Waals surface area contributed by atoms with Crippen LogP contribution in [-0.2, 0) is 14.9 Å². The van der Waals surface area contributed by atoms with E-state index >= 15 is 0 Å². The molecule has 3 aromatic rings. The van der Waals surface area contributed by atoms with Gasteiger partial charge in [0.2, 0.25) is 0 Å². The van der Waals surface area contributed by atoms with Gasteiger partial charge in [-0.1, -0.05) is 56.8 Å². The third-order valence-electron chi connectivity index (χ3n) is 4.66. The summed E-state index contributed by atoms with van der Waals surface area (Å²) in [7, 11) is 1.64. The molecule has 0 atom stereocenters. The quantitative estimate of drug-likeness (QED) is 0.368. The molecule has 0 amide bonds. The zero-order chi connectivity index (χ0) is 22.6. The molecule has 0 unspecified atom stereocenters. The van der Waals surface area contributed by atoms with E-state index in [0.29, 0.717) is 11.0 Å². The predicted octanol–water partition coefficient (Wildman–Crippen LogP) is 5.28. The molecule has 0 bridgehead atoms. The molecule has 0 aliphatic heterocycles. The van der Waals surface area contributed by atoms with Gasteiger partial charge in [0.25, 0.3) is 0 Å². The van der Waals surface area contributed by atoms with Crippen LogP contribution in [0, 0.1) is 0 Å². The SMILES string of the molecule is COc1ccc(-n2c(SCC(=O)OC(C)C)nnc2-c2ccc(C(C)(C)C)cc2)cc1. The van der Waals surface area contributed by atoms with Crippen molar-refractivity contribution in [3.8, 4) is 22.8 Å². The maximum atomic E-state index is 12.0. The average Bonchev–Trinajstić information content (AvgIpc) is 3.15. The average molecular weight is 440 g/mol. The van der Waals surface area contributed by atoms with E-state index in [4.69, 9.17) is 9.47 Å². The first-order valence-electron chi connectivity index (χ1n) is 10.2. The zero-order valence-corrected chi connectivity index (χ0v) is 19.7. The number of benzene rings is 2. The number of carbonyl (C=O) groups is 1. The number of thioether (sulfide) groups is 1. The van der Waals surface area contributed by atoms with Gasteiger partial charge in [0, 0.05) is 11.3 Å². The molecule has 0 fully saturated rings. The summed E-state index contributed by atoms with van der Waals surface area (Å²) in [6, 6.07) is 16.0. The molecule has 2 aromatic carbocycles.